The molecule has 128 valence electrons. The first-order chi connectivity index (χ1) is 11.6. The van der Waals surface area contributed by atoms with Crippen molar-refractivity contribution in [2.75, 3.05) is 10.6 Å². The fourth-order valence-electron chi connectivity index (χ4n) is 2.08. The molecule has 0 radical (unpaired) electrons. The van der Waals surface area contributed by atoms with Gasteiger partial charge in [0.05, 0.1) is 0 Å². The molecule has 2 aromatic rings. The van der Waals surface area contributed by atoms with Gasteiger partial charge < -0.3 is 10.6 Å². The first-order valence-corrected chi connectivity index (χ1v) is 8.93. The molecule has 0 bridgehead atoms. The average Bonchev–Trinajstić information content (AvgIpc) is 3.01. The van der Waals surface area contributed by atoms with Crippen LogP contribution in [0.4, 0.5) is 10.8 Å². The van der Waals surface area contributed by atoms with E-state index in [1.165, 1.54) is 16.9 Å². The predicted octanol–water partition coefficient (Wildman–Crippen LogP) is 3.41. The Kier molecular flexibility index (Phi) is 6.87. The summed E-state index contributed by atoms with van der Waals surface area (Å²) < 4.78 is 0. The fourth-order valence-corrected chi connectivity index (χ4v) is 2.93. The number of aromatic nitrogens is 2. The van der Waals surface area contributed by atoms with Gasteiger partial charge in [-0.15, -0.1) is 10.2 Å². The first-order valence-electron chi connectivity index (χ1n) is 8.11. The molecule has 2 rings (SSSR count). The first kappa shape index (κ1) is 18.1. The van der Waals surface area contributed by atoms with Crippen molar-refractivity contribution in [3.8, 4) is 0 Å². The lowest BCUT2D eigenvalue weighted by molar-refractivity contribution is -0.121. The zero-order valence-electron chi connectivity index (χ0n) is 14.0. The largest absolute Gasteiger partial charge is 0.326 e. The molecule has 7 heteroatoms. The maximum atomic E-state index is 11.9. The van der Waals surface area contributed by atoms with Crippen LogP contribution in [0.1, 0.15) is 43.7 Å². The van der Waals surface area contributed by atoms with E-state index < -0.39 is 0 Å². The van der Waals surface area contributed by atoms with Gasteiger partial charge in [0.1, 0.15) is 5.01 Å². The van der Waals surface area contributed by atoms with Crippen LogP contribution in [-0.2, 0) is 22.4 Å². The highest BCUT2D eigenvalue weighted by Gasteiger charge is 2.10. The van der Waals surface area contributed by atoms with Crippen LogP contribution < -0.4 is 10.6 Å². The lowest BCUT2D eigenvalue weighted by Gasteiger charge is -2.06. The lowest BCUT2D eigenvalue weighted by Crippen LogP contribution is -2.17. The van der Waals surface area contributed by atoms with Crippen LogP contribution >= 0.6 is 11.3 Å². The van der Waals surface area contributed by atoms with Crippen LogP contribution in [0.15, 0.2) is 24.3 Å². The van der Waals surface area contributed by atoms with E-state index in [-0.39, 0.29) is 24.7 Å². The topological polar surface area (TPSA) is 84.0 Å². The Morgan fingerprint density at radius 3 is 2.29 bits per heavy atom. The Morgan fingerprint density at radius 1 is 1.00 bits per heavy atom. The van der Waals surface area contributed by atoms with Gasteiger partial charge in [-0.1, -0.05) is 37.3 Å². The molecule has 1 aromatic carbocycles. The van der Waals surface area contributed by atoms with Gasteiger partial charge in [0.25, 0.3) is 0 Å². The Balaban J connectivity index is 1.74. The smallest absolute Gasteiger partial charge is 0.226 e. The summed E-state index contributed by atoms with van der Waals surface area (Å²) in [6, 6.07) is 7.69. The van der Waals surface area contributed by atoms with Crippen LogP contribution in [0.2, 0.25) is 0 Å². The Hall–Kier alpha value is -2.28. The number of nitrogens with one attached hydrogen (secondary N) is 2. The lowest BCUT2D eigenvalue weighted by atomic mass is 10.1. The molecular weight excluding hydrogens is 324 g/mol. The SMILES string of the molecule is CCCc1nnc(NC(=O)CCC(=O)Nc2ccc(CC)cc2)s1. The molecule has 6 nitrogen and oxygen atoms in total. The van der Waals surface area contributed by atoms with Gasteiger partial charge >= 0.3 is 0 Å². The number of rotatable bonds is 8. The van der Waals surface area contributed by atoms with Crippen molar-refractivity contribution in [2.24, 2.45) is 0 Å². The molecule has 1 heterocycles. The monoisotopic (exact) mass is 346 g/mol. The second-order valence-electron chi connectivity index (χ2n) is 5.40. The van der Waals surface area contributed by atoms with Crippen molar-refractivity contribution in [1.82, 2.24) is 10.2 Å². The molecule has 24 heavy (non-hydrogen) atoms. The minimum atomic E-state index is -0.231. The second-order valence-corrected chi connectivity index (χ2v) is 6.46. The van der Waals surface area contributed by atoms with Crippen LogP contribution in [0.25, 0.3) is 0 Å². The third-order valence-corrected chi connectivity index (χ3v) is 4.30. The van der Waals surface area contributed by atoms with Crippen LogP contribution in [0.3, 0.4) is 0 Å². The van der Waals surface area contributed by atoms with Crippen molar-refractivity contribution in [2.45, 2.75) is 46.0 Å². The third-order valence-electron chi connectivity index (χ3n) is 3.40. The van der Waals surface area contributed by atoms with Gasteiger partial charge in [-0.2, -0.15) is 0 Å². The number of carbonyl (C=O) groups excluding carboxylic acids is 2. The maximum Gasteiger partial charge on any atom is 0.226 e. The van der Waals surface area contributed by atoms with E-state index in [0.29, 0.717) is 5.13 Å². The molecule has 1 aromatic heterocycles. The average molecular weight is 346 g/mol. The molecule has 2 N–H and O–H groups in total. The van der Waals surface area contributed by atoms with Crippen molar-refractivity contribution in [1.29, 1.82) is 0 Å². The number of aryl methyl sites for hydroxylation is 2. The standard InChI is InChI=1S/C17H22N4O2S/c1-3-5-16-20-21-17(24-16)19-15(23)11-10-14(22)18-13-8-6-12(4-2)7-9-13/h6-9H,3-5,10-11H2,1-2H3,(H,18,22)(H,19,21,23). The second kappa shape index (κ2) is 9.12. The highest BCUT2D eigenvalue weighted by molar-refractivity contribution is 7.15. The molecular formula is C17H22N4O2S. The number of hydrogen-bond donors (Lipinski definition) is 2. The van der Waals surface area contributed by atoms with E-state index in [2.05, 4.69) is 34.7 Å². The number of benzene rings is 1. The number of nitrogens with zero attached hydrogens (tertiary/aromatic N) is 2. The van der Waals surface area contributed by atoms with Gasteiger partial charge in [0.15, 0.2) is 0 Å². The summed E-state index contributed by atoms with van der Waals surface area (Å²) in [6.45, 7) is 4.14. The third kappa shape index (κ3) is 5.73. The summed E-state index contributed by atoms with van der Waals surface area (Å²) in [5, 5.41) is 14.8. The summed E-state index contributed by atoms with van der Waals surface area (Å²) in [5.74, 6) is -0.413. The van der Waals surface area contributed by atoms with E-state index in [9.17, 15) is 9.59 Å². The Labute approximate surface area is 145 Å². The molecule has 0 aliphatic carbocycles. The molecule has 0 atom stereocenters. The van der Waals surface area contributed by atoms with E-state index >= 15 is 0 Å². The molecule has 0 saturated heterocycles. The maximum absolute atomic E-state index is 11.9. The summed E-state index contributed by atoms with van der Waals surface area (Å²) in [5.41, 5.74) is 1.96. The number of amides is 2. The molecule has 0 unspecified atom stereocenters. The number of hydrogen-bond acceptors (Lipinski definition) is 5. The molecule has 0 aliphatic rings. The van der Waals surface area contributed by atoms with Crippen molar-refractivity contribution < 1.29 is 9.59 Å². The molecule has 0 spiro atoms. The van der Waals surface area contributed by atoms with Crippen molar-refractivity contribution in [3.63, 3.8) is 0 Å². The summed E-state index contributed by atoms with van der Waals surface area (Å²) in [4.78, 5) is 23.8. The molecule has 0 aliphatic heterocycles. The van der Waals surface area contributed by atoms with E-state index in [1.807, 2.05) is 24.3 Å². The quantitative estimate of drug-likeness (QED) is 0.767. The van der Waals surface area contributed by atoms with E-state index in [4.69, 9.17) is 0 Å². The zero-order valence-corrected chi connectivity index (χ0v) is 14.8. The van der Waals surface area contributed by atoms with Gasteiger partial charge in [0.2, 0.25) is 16.9 Å². The minimum Gasteiger partial charge on any atom is -0.326 e. The predicted molar refractivity (Wildman–Crippen MR) is 96.2 cm³/mol. The fraction of sp³-hybridized carbons (Fsp3) is 0.412. The van der Waals surface area contributed by atoms with Gasteiger partial charge in [-0.25, -0.2) is 0 Å². The van der Waals surface area contributed by atoms with Gasteiger partial charge in [0, 0.05) is 24.9 Å². The normalized spacial score (nSPS) is 10.4. The van der Waals surface area contributed by atoms with Gasteiger partial charge in [-0.05, 0) is 30.5 Å². The highest BCUT2D eigenvalue weighted by atomic mass is 32.1. The Morgan fingerprint density at radius 2 is 1.67 bits per heavy atom. The molecule has 2 amide bonds. The number of carbonyl (C=O) groups is 2. The van der Waals surface area contributed by atoms with Crippen LogP contribution in [0, 0.1) is 0 Å². The van der Waals surface area contributed by atoms with Gasteiger partial charge in [-0.3, -0.25) is 9.59 Å². The summed E-state index contributed by atoms with van der Waals surface area (Å²) in [6.07, 6.45) is 3.04. The summed E-state index contributed by atoms with van der Waals surface area (Å²) >= 11 is 1.37. The zero-order chi connectivity index (χ0) is 17.4. The number of anilines is 2. The van der Waals surface area contributed by atoms with Crippen molar-refractivity contribution >= 4 is 34.0 Å². The molecule has 0 saturated carbocycles. The Bertz CT molecular complexity index is 682. The van der Waals surface area contributed by atoms with E-state index in [0.717, 1.165) is 30.0 Å². The van der Waals surface area contributed by atoms with Crippen LogP contribution in [-0.4, -0.2) is 22.0 Å². The minimum absolute atomic E-state index is 0.113. The van der Waals surface area contributed by atoms with Crippen LogP contribution in [0.5, 0.6) is 0 Å². The van der Waals surface area contributed by atoms with Crippen molar-refractivity contribution in [3.05, 3.63) is 34.8 Å². The molecule has 0 fully saturated rings. The summed E-state index contributed by atoms with van der Waals surface area (Å²) in [7, 11) is 0. The highest BCUT2D eigenvalue weighted by Crippen LogP contribution is 2.17. The van der Waals surface area contributed by atoms with E-state index in [1.54, 1.807) is 0 Å².